The second kappa shape index (κ2) is 12.6. The van der Waals surface area contributed by atoms with Gasteiger partial charge in [0.05, 0.1) is 30.9 Å². The lowest BCUT2D eigenvalue weighted by molar-refractivity contribution is -0.138. The number of fused-ring (bicyclic) bond motifs is 2. The van der Waals surface area contributed by atoms with E-state index in [1.54, 1.807) is 30.1 Å². The normalized spacial score (nSPS) is 14.7. The van der Waals surface area contributed by atoms with Crippen LogP contribution >= 0.6 is 0 Å². The lowest BCUT2D eigenvalue weighted by Crippen LogP contribution is -2.47. The number of anilines is 1. The number of carbonyl (C=O) groups is 3. The van der Waals surface area contributed by atoms with Crippen LogP contribution in [-0.2, 0) is 23.2 Å². The lowest BCUT2D eigenvalue weighted by atomic mass is 9.83. The molecule has 2 aliphatic rings. The van der Waals surface area contributed by atoms with Crippen LogP contribution in [0, 0.1) is 5.41 Å². The summed E-state index contributed by atoms with van der Waals surface area (Å²) < 4.78 is 11.9. The van der Waals surface area contributed by atoms with Crippen LogP contribution in [0.1, 0.15) is 70.7 Å². The molecule has 1 unspecified atom stereocenters. The third-order valence-electron chi connectivity index (χ3n) is 8.26. The zero-order chi connectivity index (χ0) is 32.5. The molecule has 45 heavy (non-hydrogen) atoms. The molecule has 1 amide bonds. The summed E-state index contributed by atoms with van der Waals surface area (Å²) in [4.78, 5) is 42.6. The third kappa shape index (κ3) is 6.36. The van der Waals surface area contributed by atoms with Crippen molar-refractivity contribution in [3.63, 3.8) is 0 Å². The van der Waals surface area contributed by atoms with Gasteiger partial charge in [-0.05, 0) is 47.7 Å². The average molecular weight is 613 g/mol. The Morgan fingerprint density at radius 3 is 2.49 bits per heavy atom. The summed E-state index contributed by atoms with van der Waals surface area (Å²) in [6.45, 7) is 9.25. The van der Waals surface area contributed by atoms with E-state index in [1.165, 1.54) is 0 Å². The van der Waals surface area contributed by atoms with Gasteiger partial charge in [0, 0.05) is 36.7 Å². The van der Waals surface area contributed by atoms with Crippen LogP contribution in [-0.4, -0.2) is 72.9 Å². The van der Waals surface area contributed by atoms with Crippen molar-refractivity contribution in [3.05, 3.63) is 88.0 Å². The molecular weight excluding hydrogens is 572 g/mol. The van der Waals surface area contributed by atoms with Gasteiger partial charge in [-0.25, -0.2) is 4.79 Å². The number of hydrogen-bond donors (Lipinski definition) is 3. The highest BCUT2D eigenvalue weighted by Crippen LogP contribution is 2.43. The van der Waals surface area contributed by atoms with Gasteiger partial charge in [0.15, 0.2) is 5.78 Å². The van der Waals surface area contributed by atoms with E-state index in [0.29, 0.717) is 66.6 Å². The minimum atomic E-state index is -0.952. The number of carboxylic acids is 1. The zero-order valence-electron chi connectivity index (χ0n) is 26.4. The van der Waals surface area contributed by atoms with Gasteiger partial charge in [0.1, 0.15) is 30.0 Å². The molecule has 3 aromatic carbocycles. The van der Waals surface area contributed by atoms with E-state index in [1.807, 2.05) is 69.0 Å². The first-order chi connectivity index (χ1) is 21.4. The lowest BCUT2D eigenvalue weighted by Gasteiger charge is -2.38. The molecular formula is C35H40N4O6. The van der Waals surface area contributed by atoms with Gasteiger partial charge in [-0.2, -0.15) is 0 Å². The molecule has 0 aliphatic carbocycles. The standard InChI is InChI=1S/C35H40N4O6/c1-6-44-30-17-23-19-38(32(36)24(23)18-25(30)33(41)37-5)20-29(40)22-15-26(35(2,3)4)31-27(16-22)39(12-13-45-31)28(34(42)43)14-21-10-8-7-9-11-21/h7-11,15-18,28,36H,6,12-14,19-20H2,1-5H3,(H,37,41)(H,42,43). The second-order valence-corrected chi connectivity index (χ2v) is 12.4. The number of amides is 1. The Morgan fingerprint density at radius 1 is 1.11 bits per heavy atom. The minimum Gasteiger partial charge on any atom is -0.493 e. The molecule has 0 saturated carbocycles. The van der Waals surface area contributed by atoms with E-state index in [9.17, 15) is 19.5 Å². The highest BCUT2D eigenvalue weighted by Gasteiger charge is 2.36. The Bertz CT molecular complexity index is 1650. The summed E-state index contributed by atoms with van der Waals surface area (Å²) in [5.41, 5.74) is 4.03. The summed E-state index contributed by atoms with van der Waals surface area (Å²) in [6, 6.07) is 15.6. The molecule has 3 aromatic rings. The molecule has 2 aliphatic heterocycles. The predicted octanol–water partition coefficient (Wildman–Crippen LogP) is 4.66. The largest absolute Gasteiger partial charge is 0.493 e. The number of aliphatic carboxylic acids is 1. The monoisotopic (exact) mass is 612 g/mol. The van der Waals surface area contributed by atoms with Crippen LogP contribution in [0.5, 0.6) is 11.5 Å². The number of Topliss-reactive ketones (excluding diaryl/α,β-unsaturated/α-hetero) is 1. The molecule has 0 spiro atoms. The highest BCUT2D eigenvalue weighted by molar-refractivity contribution is 6.08. The maximum Gasteiger partial charge on any atom is 0.326 e. The zero-order valence-corrected chi connectivity index (χ0v) is 26.4. The number of rotatable bonds is 10. The fourth-order valence-electron chi connectivity index (χ4n) is 5.97. The van der Waals surface area contributed by atoms with Crippen molar-refractivity contribution in [3.8, 4) is 11.5 Å². The van der Waals surface area contributed by atoms with E-state index in [0.717, 1.165) is 16.7 Å². The van der Waals surface area contributed by atoms with E-state index < -0.39 is 17.4 Å². The van der Waals surface area contributed by atoms with Gasteiger partial charge in [-0.1, -0.05) is 51.1 Å². The van der Waals surface area contributed by atoms with Gasteiger partial charge in [0.2, 0.25) is 0 Å². The third-order valence-corrected chi connectivity index (χ3v) is 8.26. The molecule has 0 aromatic heterocycles. The Kier molecular flexibility index (Phi) is 8.86. The second-order valence-electron chi connectivity index (χ2n) is 12.4. The van der Waals surface area contributed by atoms with Crippen molar-refractivity contribution in [2.24, 2.45) is 0 Å². The van der Waals surface area contributed by atoms with Crippen molar-refractivity contribution in [1.82, 2.24) is 10.2 Å². The summed E-state index contributed by atoms with van der Waals surface area (Å²) in [6.07, 6.45) is 0.295. The predicted molar refractivity (Wildman–Crippen MR) is 172 cm³/mol. The SMILES string of the molecule is CCOc1cc2c(cc1C(=O)NC)C(=N)N(CC(=O)c1cc3c(c(C(C)(C)C)c1)OCCN3C(Cc1ccccc1)C(=O)O)C2. The Morgan fingerprint density at radius 2 is 1.84 bits per heavy atom. The van der Waals surface area contributed by atoms with Gasteiger partial charge >= 0.3 is 5.97 Å². The molecule has 0 saturated heterocycles. The van der Waals surface area contributed by atoms with Gasteiger partial charge < -0.3 is 29.7 Å². The Hall–Kier alpha value is -4.86. The molecule has 0 radical (unpaired) electrons. The molecule has 3 N–H and O–H groups in total. The van der Waals surface area contributed by atoms with Crippen LogP contribution in [0.3, 0.4) is 0 Å². The number of hydrogen-bond acceptors (Lipinski definition) is 7. The van der Waals surface area contributed by atoms with Crippen molar-refractivity contribution in [2.75, 3.05) is 38.3 Å². The maximum atomic E-state index is 14.0. The number of carboxylic acid groups (broad SMARTS) is 1. The number of ether oxygens (including phenoxy) is 2. The molecule has 0 fully saturated rings. The van der Waals surface area contributed by atoms with Gasteiger partial charge in [-0.15, -0.1) is 0 Å². The fourth-order valence-corrected chi connectivity index (χ4v) is 5.97. The molecule has 5 rings (SSSR count). The topological polar surface area (TPSA) is 132 Å². The Labute approximate surface area is 263 Å². The van der Waals surface area contributed by atoms with Gasteiger partial charge in [-0.3, -0.25) is 15.0 Å². The van der Waals surface area contributed by atoms with Crippen molar-refractivity contribution < 1.29 is 29.0 Å². The van der Waals surface area contributed by atoms with Crippen LogP contribution in [0.25, 0.3) is 0 Å². The minimum absolute atomic E-state index is 0.0671. The number of nitrogens with zero attached hydrogens (tertiary/aromatic N) is 2. The van der Waals surface area contributed by atoms with Crippen molar-refractivity contribution in [1.29, 1.82) is 5.41 Å². The Balaban J connectivity index is 1.48. The quantitative estimate of drug-likeness (QED) is 0.282. The van der Waals surface area contributed by atoms with E-state index in [2.05, 4.69) is 5.32 Å². The van der Waals surface area contributed by atoms with Crippen LogP contribution in [0.4, 0.5) is 5.69 Å². The maximum absolute atomic E-state index is 14.0. The molecule has 1 atom stereocenters. The van der Waals surface area contributed by atoms with Gasteiger partial charge in [0.25, 0.3) is 5.91 Å². The number of amidine groups is 1. The first-order valence-electron chi connectivity index (χ1n) is 15.2. The van der Waals surface area contributed by atoms with E-state index >= 15 is 0 Å². The summed E-state index contributed by atoms with van der Waals surface area (Å²) in [5, 5.41) is 21.8. The first-order valence-corrected chi connectivity index (χ1v) is 15.2. The highest BCUT2D eigenvalue weighted by atomic mass is 16.5. The fraction of sp³-hybridized carbons (Fsp3) is 0.371. The molecule has 2 heterocycles. The van der Waals surface area contributed by atoms with Crippen LogP contribution in [0.2, 0.25) is 0 Å². The van der Waals surface area contributed by atoms with Crippen molar-refractivity contribution in [2.45, 2.75) is 52.1 Å². The van der Waals surface area contributed by atoms with Crippen LogP contribution in [0.15, 0.2) is 54.6 Å². The smallest absolute Gasteiger partial charge is 0.326 e. The van der Waals surface area contributed by atoms with Crippen LogP contribution < -0.4 is 19.7 Å². The molecule has 236 valence electrons. The summed E-state index contributed by atoms with van der Waals surface area (Å²) >= 11 is 0. The summed E-state index contributed by atoms with van der Waals surface area (Å²) in [5.74, 6) is -0.296. The number of nitrogens with one attached hydrogen (secondary N) is 2. The van der Waals surface area contributed by atoms with E-state index in [4.69, 9.17) is 14.9 Å². The van der Waals surface area contributed by atoms with Crippen molar-refractivity contribution >= 4 is 29.2 Å². The number of carbonyl (C=O) groups excluding carboxylic acids is 2. The molecule has 10 nitrogen and oxygen atoms in total. The first kappa shape index (κ1) is 31.6. The molecule has 0 bridgehead atoms. The average Bonchev–Trinajstić information content (AvgIpc) is 3.31. The summed E-state index contributed by atoms with van der Waals surface area (Å²) in [7, 11) is 1.54. The van der Waals surface area contributed by atoms with E-state index in [-0.39, 0.29) is 24.1 Å². The number of ketones is 1. The molecule has 10 heteroatoms. The number of benzene rings is 3.